The predicted octanol–water partition coefficient (Wildman–Crippen LogP) is 4.23. The number of ketones is 1. The van der Waals surface area contributed by atoms with Crippen molar-refractivity contribution in [2.75, 3.05) is 0 Å². The number of rotatable bonds is 2. The van der Waals surface area contributed by atoms with Crippen molar-refractivity contribution in [2.24, 2.45) is 0 Å². The molecule has 0 N–H and O–H groups in total. The van der Waals surface area contributed by atoms with Gasteiger partial charge in [0.05, 0.1) is 0 Å². The number of benzene rings is 3. The van der Waals surface area contributed by atoms with Crippen LogP contribution in [0.15, 0.2) is 66.7 Å². The molecule has 0 radical (unpaired) electrons. The maximum atomic E-state index is 13.1. The molecule has 1 atom stereocenters. The zero-order chi connectivity index (χ0) is 17.5. The van der Waals surface area contributed by atoms with Crippen molar-refractivity contribution in [3.63, 3.8) is 0 Å². The van der Waals surface area contributed by atoms with Crippen LogP contribution in [0.5, 0.6) is 0 Å². The van der Waals surface area contributed by atoms with Crippen LogP contribution in [0, 0.1) is 0 Å². The van der Waals surface area contributed by atoms with Gasteiger partial charge >= 0.3 is 0 Å². The van der Waals surface area contributed by atoms with Crippen LogP contribution < -0.4 is 10.4 Å². The molecule has 1 heteroatoms. The Balaban J connectivity index is 1.66. The van der Waals surface area contributed by atoms with Crippen LogP contribution in [-0.2, 0) is 6.42 Å². The van der Waals surface area contributed by atoms with E-state index >= 15 is 0 Å². The van der Waals surface area contributed by atoms with Crippen LogP contribution >= 0.6 is 0 Å². The number of fused-ring (bicyclic) bond motifs is 5. The van der Waals surface area contributed by atoms with Gasteiger partial charge in [-0.2, -0.15) is 0 Å². The van der Waals surface area contributed by atoms with Gasteiger partial charge in [-0.3, -0.25) is 4.79 Å². The first kappa shape index (κ1) is 15.3. The third-order valence-corrected chi connectivity index (χ3v) is 5.71. The lowest BCUT2D eigenvalue weighted by Crippen LogP contribution is -2.37. The third-order valence-electron chi connectivity index (χ3n) is 5.71. The molecule has 126 valence electrons. The number of carbonyl (C=O) groups is 1. The van der Waals surface area contributed by atoms with Gasteiger partial charge in [-0.25, -0.2) is 0 Å². The SMILES string of the molecule is O=C(c1ccccc1)C1CCC=c2c1ccc1c2=CCc2ccccc2-1. The fourth-order valence-corrected chi connectivity index (χ4v) is 4.44. The molecule has 2 aliphatic rings. The lowest BCUT2D eigenvalue weighted by atomic mass is 9.80. The second-order valence-corrected chi connectivity index (χ2v) is 7.16. The molecule has 0 aromatic heterocycles. The summed E-state index contributed by atoms with van der Waals surface area (Å²) in [4.78, 5) is 13.1. The molecule has 0 aliphatic heterocycles. The molecule has 0 bridgehead atoms. The van der Waals surface area contributed by atoms with Crippen molar-refractivity contribution in [2.45, 2.75) is 25.2 Å². The summed E-state index contributed by atoms with van der Waals surface area (Å²) in [7, 11) is 0. The van der Waals surface area contributed by atoms with E-state index in [1.807, 2.05) is 30.3 Å². The standard InChI is InChI=1S/C25H20O/c26-25(18-8-2-1-3-9-18)24-12-6-11-20-22-14-13-17-7-4-5-10-19(17)21(22)15-16-23(20)24/h1-5,7-11,14-16,24H,6,12-13H2. The monoisotopic (exact) mass is 336 g/mol. The van der Waals surface area contributed by atoms with Gasteiger partial charge in [0, 0.05) is 11.5 Å². The van der Waals surface area contributed by atoms with Crippen LogP contribution in [0.3, 0.4) is 0 Å². The highest BCUT2D eigenvalue weighted by Gasteiger charge is 2.26. The van der Waals surface area contributed by atoms with Crippen molar-refractivity contribution in [3.05, 3.63) is 93.9 Å². The molecule has 2 aliphatic carbocycles. The van der Waals surface area contributed by atoms with Gasteiger partial charge in [0.2, 0.25) is 0 Å². The normalized spacial score (nSPS) is 17.2. The second kappa shape index (κ2) is 6.10. The summed E-state index contributed by atoms with van der Waals surface area (Å²) in [6.07, 6.45) is 7.48. The van der Waals surface area contributed by atoms with Crippen LogP contribution in [0.25, 0.3) is 23.3 Å². The molecule has 0 amide bonds. The molecule has 26 heavy (non-hydrogen) atoms. The molecule has 0 saturated heterocycles. The van der Waals surface area contributed by atoms with Gasteiger partial charge < -0.3 is 0 Å². The quantitative estimate of drug-likeness (QED) is 0.640. The summed E-state index contributed by atoms with van der Waals surface area (Å²) in [6.45, 7) is 0. The van der Waals surface area contributed by atoms with E-state index in [9.17, 15) is 4.79 Å². The average molecular weight is 336 g/mol. The smallest absolute Gasteiger partial charge is 0.170 e. The molecule has 0 saturated carbocycles. The molecule has 1 nitrogen and oxygen atoms in total. The van der Waals surface area contributed by atoms with E-state index in [0.717, 1.165) is 24.8 Å². The Morgan fingerprint density at radius 1 is 0.769 bits per heavy atom. The summed E-state index contributed by atoms with van der Waals surface area (Å²) in [5, 5.41) is 2.59. The molecule has 0 fully saturated rings. The Morgan fingerprint density at radius 3 is 2.46 bits per heavy atom. The molecule has 3 aromatic rings. The molecule has 0 spiro atoms. The Bertz CT molecular complexity index is 1120. The Labute approximate surface area is 153 Å². The lowest BCUT2D eigenvalue weighted by molar-refractivity contribution is 0.0954. The minimum atomic E-state index is -0.0340. The zero-order valence-corrected chi connectivity index (χ0v) is 14.6. The fraction of sp³-hybridized carbons (Fsp3) is 0.160. The van der Waals surface area contributed by atoms with E-state index in [4.69, 9.17) is 0 Å². The Kier molecular flexibility index (Phi) is 3.60. The van der Waals surface area contributed by atoms with E-state index in [1.165, 1.54) is 32.7 Å². The minimum Gasteiger partial charge on any atom is -0.293 e. The molecule has 3 aromatic carbocycles. The highest BCUT2D eigenvalue weighted by molar-refractivity contribution is 6.01. The number of carbonyl (C=O) groups excluding carboxylic acids is 1. The molecule has 0 heterocycles. The molecular weight excluding hydrogens is 316 g/mol. The number of hydrogen-bond donors (Lipinski definition) is 0. The van der Waals surface area contributed by atoms with Gasteiger partial charge in [-0.1, -0.05) is 78.9 Å². The lowest BCUT2D eigenvalue weighted by Gasteiger charge is -2.23. The summed E-state index contributed by atoms with van der Waals surface area (Å²) in [5.74, 6) is 0.212. The molecular formula is C25H20O. The zero-order valence-electron chi connectivity index (χ0n) is 14.6. The highest BCUT2D eigenvalue weighted by atomic mass is 16.1. The first-order valence-corrected chi connectivity index (χ1v) is 9.34. The van der Waals surface area contributed by atoms with E-state index in [2.05, 4.69) is 48.6 Å². The Morgan fingerprint density at radius 2 is 1.58 bits per heavy atom. The van der Waals surface area contributed by atoms with Crippen molar-refractivity contribution >= 4 is 17.9 Å². The second-order valence-electron chi connectivity index (χ2n) is 7.16. The van der Waals surface area contributed by atoms with Gasteiger partial charge in [0.25, 0.3) is 0 Å². The highest BCUT2D eigenvalue weighted by Crippen LogP contribution is 2.29. The van der Waals surface area contributed by atoms with Crippen molar-refractivity contribution < 1.29 is 4.79 Å². The maximum Gasteiger partial charge on any atom is 0.170 e. The number of hydrogen-bond acceptors (Lipinski definition) is 1. The van der Waals surface area contributed by atoms with Crippen LogP contribution in [-0.4, -0.2) is 5.78 Å². The first-order chi connectivity index (χ1) is 12.8. The summed E-state index contributed by atoms with van der Waals surface area (Å²) >= 11 is 0. The van der Waals surface area contributed by atoms with E-state index < -0.39 is 0 Å². The van der Waals surface area contributed by atoms with Crippen molar-refractivity contribution in [1.82, 2.24) is 0 Å². The van der Waals surface area contributed by atoms with E-state index in [0.29, 0.717) is 0 Å². The van der Waals surface area contributed by atoms with Gasteiger partial charge in [-0.05, 0) is 52.0 Å². The third kappa shape index (κ3) is 2.35. The predicted molar refractivity (Wildman–Crippen MR) is 107 cm³/mol. The molecule has 1 unspecified atom stereocenters. The minimum absolute atomic E-state index is 0.0340. The van der Waals surface area contributed by atoms with Crippen molar-refractivity contribution in [1.29, 1.82) is 0 Å². The summed E-state index contributed by atoms with van der Waals surface area (Å²) in [6, 6.07) is 22.8. The van der Waals surface area contributed by atoms with E-state index in [-0.39, 0.29) is 11.7 Å². The average Bonchev–Trinajstić information content (AvgIpc) is 2.73. The largest absolute Gasteiger partial charge is 0.293 e. The topological polar surface area (TPSA) is 17.1 Å². The van der Waals surface area contributed by atoms with Gasteiger partial charge in [-0.15, -0.1) is 0 Å². The van der Waals surface area contributed by atoms with Gasteiger partial charge in [0.15, 0.2) is 5.78 Å². The van der Waals surface area contributed by atoms with Crippen LogP contribution in [0.4, 0.5) is 0 Å². The van der Waals surface area contributed by atoms with E-state index in [1.54, 1.807) is 0 Å². The Hall–Kier alpha value is -2.93. The summed E-state index contributed by atoms with van der Waals surface area (Å²) in [5.41, 5.74) is 6.02. The summed E-state index contributed by atoms with van der Waals surface area (Å²) < 4.78 is 0. The van der Waals surface area contributed by atoms with Crippen LogP contribution in [0.2, 0.25) is 0 Å². The maximum absolute atomic E-state index is 13.1. The fourth-order valence-electron chi connectivity index (χ4n) is 4.44. The first-order valence-electron chi connectivity index (χ1n) is 9.34. The van der Waals surface area contributed by atoms with Crippen molar-refractivity contribution in [3.8, 4) is 11.1 Å². The number of Topliss-reactive ketones (excluding diaryl/α,β-unsaturated/α-hetero) is 1. The van der Waals surface area contributed by atoms with Gasteiger partial charge in [0.1, 0.15) is 0 Å². The molecule has 5 rings (SSSR count). The van der Waals surface area contributed by atoms with Crippen LogP contribution in [0.1, 0.15) is 40.2 Å².